The predicted octanol–water partition coefficient (Wildman–Crippen LogP) is 16.0. The van der Waals surface area contributed by atoms with Gasteiger partial charge in [0.1, 0.15) is 61.5 Å². The van der Waals surface area contributed by atoms with Gasteiger partial charge in [0.15, 0.2) is 11.6 Å². The molecule has 19 heterocycles. The van der Waals surface area contributed by atoms with Crippen molar-refractivity contribution in [1.29, 1.82) is 0 Å². The fourth-order valence-electron chi connectivity index (χ4n) is 14.4. The number of hydrogen-bond donors (Lipinski definition) is 7. The molecule has 19 rings (SSSR count). The van der Waals surface area contributed by atoms with Crippen LogP contribution in [0.15, 0.2) is 255 Å². The zero-order valence-corrected chi connectivity index (χ0v) is 77.3. The molecule has 17 aromatic rings. The van der Waals surface area contributed by atoms with Gasteiger partial charge in [0.05, 0.1) is 94.9 Å². The first-order valence-electron chi connectivity index (χ1n) is 43.5. The molecule has 2 saturated heterocycles. The largest absolute Gasteiger partial charge is 0.378 e. The van der Waals surface area contributed by atoms with E-state index in [1.165, 1.54) is 6.42 Å². The van der Waals surface area contributed by atoms with Crippen LogP contribution in [0.5, 0.6) is 0 Å². The number of morpholine rings is 1. The molecule has 7 N–H and O–H groups in total. The normalized spacial score (nSPS) is 12.2. The summed E-state index contributed by atoms with van der Waals surface area (Å²) in [7, 11) is 5.50. The number of aromatic nitrogens is 24. The minimum atomic E-state index is -0.317. The molecule has 5 amide bonds. The van der Waals surface area contributed by atoms with Crippen LogP contribution in [0.4, 0.5) is 40.1 Å². The molecule has 37 nitrogen and oxygen atoms in total. The molecule has 2 fully saturated rings. The SMILES string of the molecule is CC(C)n1cc(NC(=O)c2cccc(-c3cn[nH]c3)n2)c(-c2ccccn2)n1.CC(C)n1cc(NC(=O)c2cccc(Br)n2)c(-c2ccccn2)n1.Cc1[nH]ncc1-c1cccc(C(=O)Nc2cn(C)nc2-c2ccccn2)n1.Cc1cncc(-c2cccc(C(=O)Nc3cn(C)nc3N3CCCCC3)n2)c1.Cc1cncc(-c2cccc(C(=O)Nc3cn(C)nc3N3CCOCC3)n2)c1. The summed E-state index contributed by atoms with van der Waals surface area (Å²) in [5.41, 5.74) is 18.0. The van der Waals surface area contributed by atoms with Crippen LogP contribution in [0.1, 0.15) is 128 Å². The van der Waals surface area contributed by atoms with Gasteiger partial charge in [-0.25, -0.2) is 24.9 Å². The molecule has 0 saturated carbocycles. The number of ether oxygens (including phenoxy) is 1. The third kappa shape index (κ3) is 24.1. The van der Waals surface area contributed by atoms with E-state index in [-0.39, 0.29) is 41.6 Å². The summed E-state index contributed by atoms with van der Waals surface area (Å²) in [4.78, 5) is 112. The molecule has 0 radical (unpaired) electrons. The Labute approximate surface area is 785 Å². The average molecular weight is 1870 g/mol. The van der Waals surface area contributed by atoms with Crippen LogP contribution in [0, 0.1) is 20.8 Å². The molecule has 135 heavy (non-hydrogen) atoms. The molecule has 0 aromatic carbocycles. The lowest BCUT2D eigenvalue weighted by atomic mass is 10.1. The van der Waals surface area contributed by atoms with Crippen molar-refractivity contribution in [2.24, 2.45) is 21.1 Å². The smallest absolute Gasteiger partial charge is 0.274 e. The van der Waals surface area contributed by atoms with E-state index in [1.54, 1.807) is 159 Å². The maximum Gasteiger partial charge on any atom is 0.274 e. The van der Waals surface area contributed by atoms with Gasteiger partial charge in [-0.3, -0.25) is 82.5 Å². The second-order valence-electron chi connectivity index (χ2n) is 32.0. The fourth-order valence-corrected chi connectivity index (χ4v) is 14.7. The van der Waals surface area contributed by atoms with Gasteiger partial charge in [0.25, 0.3) is 29.5 Å². The number of halogens is 1. The molecular weight excluding hydrogens is 1780 g/mol. The maximum absolute atomic E-state index is 12.9. The van der Waals surface area contributed by atoms with Crippen LogP contribution in [-0.4, -0.2) is 188 Å². The Bertz CT molecular complexity index is 6780. The Kier molecular flexibility index (Phi) is 30.2. The second-order valence-corrected chi connectivity index (χ2v) is 32.8. The van der Waals surface area contributed by atoms with Crippen molar-refractivity contribution in [2.45, 2.75) is 79.8 Å². The lowest BCUT2D eigenvalue weighted by molar-refractivity contribution is 0.101. The van der Waals surface area contributed by atoms with E-state index in [0.717, 1.165) is 101 Å². The summed E-state index contributed by atoms with van der Waals surface area (Å²) >= 11 is 3.27. The number of carbonyl (C=O) groups excluding carboxylic acids is 5. The third-order valence-corrected chi connectivity index (χ3v) is 21.5. The van der Waals surface area contributed by atoms with E-state index in [9.17, 15) is 24.0 Å². The highest BCUT2D eigenvalue weighted by atomic mass is 79.9. The van der Waals surface area contributed by atoms with Gasteiger partial charge >= 0.3 is 0 Å². The van der Waals surface area contributed by atoms with E-state index in [4.69, 9.17) is 4.74 Å². The highest BCUT2D eigenvalue weighted by molar-refractivity contribution is 9.10. The van der Waals surface area contributed by atoms with Crippen molar-refractivity contribution in [3.05, 3.63) is 301 Å². The van der Waals surface area contributed by atoms with Crippen molar-refractivity contribution in [1.82, 2.24) is 119 Å². The van der Waals surface area contributed by atoms with E-state index in [0.29, 0.717) is 120 Å². The molecule has 17 aromatic heterocycles. The number of amides is 5. The molecule has 0 spiro atoms. The molecule has 2 aliphatic heterocycles. The molecule has 0 aliphatic carbocycles. The Morgan fingerprint density at radius 3 is 1.18 bits per heavy atom. The predicted molar refractivity (Wildman–Crippen MR) is 518 cm³/mol. The van der Waals surface area contributed by atoms with Gasteiger partial charge in [-0.1, -0.05) is 48.5 Å². The number of aryl methyl sites for hydroxylation is 6. The summed E-state index contributed by atoms with van der Waals surface area (Å²) in [5.74, 6) is 0.136. The van der Waals surface area contributed by atoms with Crippen molar-refractivity contribution >= 4 is 85.5 Å². The Hall–Kier alpha value is -16.6. The highest BCUT2D eigenvalue weighted by Gasteiger charge is 2.27. The number of aromatic amines is 2. The fraction of sp³-hybridized carbons (Fsp3) is 0.216. The number of nitrogens with one attached hydrogen (secondary N) is 7. The molecular formula is C97H98BrN31O6. The number of nitrogens with zero attached hydrogens (tertiary/aromatic N) is 24. The highest BCUT2D eigenvalue weighted by Crippen LogP contribution is 2.34. The minimum Gasteiger partial charge on any atom is -0.378 e. The van der Waals surface area contributed by atoms with Crippen LogP contribution >= 0.6 is 15.9 Å². The molecule has 2 aliphatic rings. The number of anilines is 7. The van der Waals surface area contributed by atoms with E-state index in [1.807, 2.05) is 184 Å². The number of carbonyl (C=O) groups is 5. The Balaban J connectivity index is 0.000000129. The van der Waals surface area contributed by atoms with Crippen LogP contribution < -0.4 is 36.4 Å². The lowest BCUT2D eigenvalue weighted by Crippen LogP contribution is -2.37. The van der Waals surface area contributed by atoms with Crippen molar-refractivity contribution in [3.63, 3.8) is 0 Å². The van der Waals surface area contributed by atoms with E-state index < -0.39 is 0 Å². The molecule has 0 atom stereocenters. The number of H-pyrrole nitrogens is 2. The first kappa shape index (κ1) is 93.1. The topological polar surface area (TPSA) is 437 Å². The first-order valence-corrected chi connectivity index (χ1v) is 44.3. The molecule has 38 heteroatoms. The van der Waals surface area contributed by atoms with E-state index >= 15 is 0 Å². The number of pyridine rings is 10. The monoisotopic (exact) mass is 1870 g/mol. The third-order valence-electron chi connectivity index (χ3n) is 21.0. The molecule has 0 unspecified atom stereocenters. The lowest BCUT2D eigenvalue weighted by Gasteiger charge is -2.27. The van der Waals surface area contributed by atoms with Gasteiger partial charge in [-0.05, 0) is 204 Å². The number of piperidine rings is 1. The Morgan fingerprint density at radius 1 is 0.385 bits per heavy atom. The van der Waals surface area contributed by atoms with Crippen LogP contribution in [0.2, 0.25) is 0 Å². The summed E-state index contributed by atoms with van der Waals surface area (Å²) in [6.45, 7) is 18.7. The van der Waals surface area contributed by atoms with Gasteiger partial charge in [-0.2, -0.15) is 35.7 Å². The quantitative estimate of drug-likeness (QED) is 0.0329. The molecule has 684 valence electrons. The van der Waals surface area contributed by atoms with Gasteiger partial charge in [-0.15, -0.1) is 0 Å². The standard InChI is InChI=1S/C21H24N6O.C20H19N7O.C20H22N6O2.C19H17N7O.C17H16BrN5O/c1-15-11-16(13-22-12-15)17-7-6-8-18(23-17)21(28)24-19-14-26(2)25-20(19)27-9-4-3-5-10-27;1-13(2)27-12-18(19(26-27)16-6-3-4-9-21-16)25-20(28)17-8-5-7-15(24-17)14-10-22-23-11-14;1-14-10-15(12-21-11-14)16-4-3-5-17(22-16)20(27)23-18-13-25(2)24-19(18)26-6-8-28-9-7-26;1-12-13(10-21-24-12)14-7-5-8-16(22-14)19(27)23-17-11-26(2)25-18(17)15-6-3-4-9-20-15;1-11(2)23-10-14(16(22-23)12-6-3-4-9-19-12)21-17(24)13-7-5-8-15(18)20-13/h6-8,11-14H,3-5,9-10H2,1-2H3,(H,24,28);3-13H,1-2H3,(H,22,23)(H,25,28);3-5,10-13H,6-9H2,1-2H3,(H,23,27);3-11H,1-2H3,(H,21,24)(H,23,27);3-11H,1-2H3,(H,21,24). The summed E-state index contributed by atoms with van der Waals surface area (Å²) < 4.78 is 14.7. The zero-order valence-electron chi connectivity index (χ0n) is 75.8. The number of hydrogen-bond acceptors (Lipinski definition) is 25. The van der Waals surface area contributed by atoms with Gasteiger partial charge in [0, 0.05) is 156 Å². The Morgan fingerprint density at radius 2 is 0.770 bits per heavy atom. The van der Waals surface area contributed by atoms with Gasteiger partial charge < -0.3 is 41.1 Å². The maximum atomic E-state index is 12.9. The first-order chi connectivity index (χ1) is 65.5. The van der Waals surface area contributed by atoms with Crippen molar-refractivity contribution < 1.29 is 28.7 Å². The zero-order chi connectivity index (χ0) is 94.4. The van der Waals surface area contributed by atoms with Gasteiger partial charge in [0.2, 0.25) is 0 Å². The minimum absolute atomic E-state index is 0.149. The summed E-state index contributed by atoms with van der Waals surface area (Å²) in [5, 5.41) is 50.8. The molecule has 0 bridgehead atoms. The van der Waals surface area contributed by atoms with Crippen LogP contribution in [0.3, 0.4) is 0 Å². The summed E-state index contributed by atoms with van der Waals surface area (Å²) in [6.07, 6.45) is 29.8. The van der Waals surface area contributed by atoms with Crippen LogP contribution in [0.25, 0.3) is 79.2 Å². The van der Waals surface area contributed by atoms with E-state index in [2.05, 4.69) is 148 Å². The summed E-state index contributed by atoms with van der Waals surface area (Å²) in [6, 6.07) is 47.7. The van der Waals surface area contributed by atoms with Crippen LogP contribution in [-0.2, 0) is 25.9 Å². The van der Waals surface area contributed by atoms with Crippen molar-refractivity contribution in [2.75, 3.05) is 75.8 Å². The second kappa shape index (κ2) is 43.9. The average Bonchev–Trinajstić information content (AvgIpc) is 1.72. The van der Waals surface area contributed by atoms with Crippen molar-refractivity contribution in [3.8, 4) is 79.2 Å². The number of rotatable bonds is 21.